The molecule has 0 bridgehead atoms. The summed E-state index contributed by atoms with van der Waals surface area (Å²) < 4.78 is 38.5. The van der Waals surface area contributed by atoms with E-state index in [0.717, 1.165) is 22.7 Å². The summed E-state index contributed by atoms with van der Waals surface area (Å²) in [6.45, 7) is 1.51. The highest BCUT2D eigenvalue weighted by molar-refractivity contribution is 7.92. The third-order valence-electron chi connectivity index (χ3n) is 3.62. The van der Waals surface area contributed by atoms with Crippen LogP contribution in [0.15, 0.2) is 54.6 Å². The molecule has 5 nitrogen and oxygen atoms in total. The molecule has 0 saturated heterocycles. The number of benzene rings is 2. The molecule has 2 aromatic rings. The zero-order valence-corrected chi connectivity index (χ0v) is 14.5. The topological polar surface area (TPSA) is 57.7 Å². The molecule has 2 rings (SSSR count). The molecule has 1 amide bonds. The first-order valence-electron chi connectivity index (χ1n) is 7.29. The maximum Gasteiger partial charge on any atom is 0.250 e. The van der Waals surface area contributed by atoms with Crippen LogP contribution in [0.25, 0.3) is 0 Å². The quantitative estimate of drug-likeness (QED) is 0.833. The van der Waals surface area contributed by atoms with Crippen molar-refractivity contribution in [3.8, 4) is 0 Å². The van der Waals surface area contributed by atoms with Crippen molar-refractivity contribution in [2.75, 3.05) is 22.5 Å². The van der Waals surface area contributed by atoms with E-state index >= 15 is 0 Å². The van der Waals surface area contributed by atoms with Crippen LogP contribution in [0.2, 0.25) is 0 Å². The summed E-state index contributed by atoms with van der Waals surface area (Å²) in [6, 6.07) is 12.9. The van der Waals surface area contributed by atoms with E-state index in [1.165, 1.54) is 24.0 Å². The Hall–Kier alpha value is -2.41. The number of hydrogen-bond acceptors (Lipinski definition) is 3. The van der Waals surface area contributed by atoms with Gasteiger partial charge in [0, 0.05) is 12.7 Å². The molecule has 128 valence electrons. The van der Waals surface area contributed by atoms with E-state index in [9.17, 15) is 17.6 Å². The second kappa shape index (κ2) is 7.00. The van der Waals surface area contributed by atoms with Gasteiger partial charge in [-0.3, -0.25) is 9.10 Å². The summed E-state index contributed by atoms with van der Waals surface area (Å²) in [5.41, 5.74) is 0.892. The minimum Gasteiger partial charge on any atom is -0.314 e. The summed E-state index contributed by atoms with van der Waals surface area (Å²) in [5, 5.41) is 0. The van der Waals surface area contributed by atoms with E-state index in [0.29, 0.717) is 5.69 Å². The van der Waals surface area contributed by atoms with E-state index in [1.807, 2.05) is 6.07 Å². The molecule has 0 aliphatic carbocycles. The van der Waals surface area contributed by atoms with Crippen molar-refractivity contribution in [3.63, 3.8) is 0 Å². The molecule has 0 aliphatic heterocycles. The van der Waals surface area contributed by atoms with Gasteiger partial charge in [-0.25, -0.2) is 12.8 Å². The van der Waals surface area contributed by atoms with E-state index in [4.69, 9.17) is 0 Å². The Morgan fingerprint density at radius 2 is 1.54 bits per heavy atom. The third-order valence-corrected chi connectivity index (χ3v) is 4.86. The lowest BCUT2D eigenvalue weighted by atomic mass is 10.2. The number of amides is 1. The van der Waals surface area contributed by atoms with Crippen LogP contribution in [0, 0.1) is 5.82 Å². The van der Waals surface area contributed by atoms with E-state index in [-0.39, 0.29) is 5.69 Å². The van der Waals surface area contributed by atoms with Crippen molar-refractivity contribution in [3.05, 3.63) is 60.4 Å². The van der Waals surface area contributed by atoms with Crippen LogP contribution in [0.3, 0.4) is 0 Å². The largest absolute Gasteiger partial charge is 0.314 e. The fraction of sp³-hybridized carbons (Fsp3) is 0.235. The first kappa shape index (κ1) is 17.9. The maximum absolute atomic E-state index is 13.1. The third kappa shape index (κ3) is 3.91. The summed E-state index contributed by atoms with van der Waals surface area (Å²) in [6.07, 6.45) is 1.02. The number of carbonyl (C=O) groups excluding carboxylic acids is 1. The van der Waals surface area contributed by atoms with Crippen LogP contribution in [0.5, 0.6) is 0 Å². The molecule has 7 heteroatoms. The number of halogens is 1. The molecule has 0 N–H and O–H groups in total. The lowest BCUT2D eigenvalue weighted by Gasteiger charge is -2.31. The SMILES string of the molecule is C[C@H](C(=O)N(C)c1ccccc1)N(c1ccc(F)cc1)S(C)(=O)=O. The minimum absolute atomic E-state index is 0.237. The Labute approximate surface area is 141 Å². The van der Waals surface area contributed by atoms with Gasteiger partial charge in [0.2, 0.25) is 15.9 Å². The molecule has 24 heavy (non-hydrogen) atoms. The van der Waals surface area contributed by atoms with Crippen LogP contribution in [0.1, 0.15) is 6.92 Å². The number of sulfonamides is 1. The Morgan fingerprint density at radius 1 is 1.00 bits per heavy atom. The van der Waals surface area contributed by atoms with Gasteiger partial charge in [-0.2, -0.15) is 0 Å². The standard InChI is InChI=1S/C17H19FN2O3S/c1-13(17(21)19(2)15-7-5-4-6-8-15)20(24(3,22)23)16-11-9-14(18)10-12-16/h4-13H,1-3H3/t13-/m1/s1. The molecular formula is C17H19FN2O3S. The Kier molecular flexibility index (Phi) is 5.23. The fourth-order valence-corrected chi connectivity index (χ4v) is 3.62. The molecule has 0 spiro atoms. The molecule has 0 aliphatic rings. The van der Waals surface area contributed by atoms with E-state index in [2.05, 4.69) is 0 Å². The van der Waals surface area contributed by atoms with Gasteiger partial charge in [0.1, 0.15) is 11.9 Å². The molecule has 2 aromatic carbocycles. The molecule has 0 aromatic heterocycles. The smallest absolute Gasteiger partial charge is 0.250 e. The van der Waals surface area contributed by atoms with E-state index in [1.54, 1.807) is 31.3 Å². The van der Waals surface area contributed by atoms with Crippen molar-refractivity contribution in [1.82, 2.24) is 0 Å². The maximum atomic E-state index is 13.1. The number of likely N-dealkylation sites (N-methyl/N-ethyl adjacent to an activating group) is 1. The number of anilines is 2. The lowest BCUT2D eigenvalue weighted by molar-refractivity contribution is -0.119. The van der Waals surface area contributed by atoms with Gasteiger partial charge >= 0.3 is 0 Å². The van der Waals surface area contributed by atoms with Gasteiger partial charge in [-0.15, -0.1) is 0 Å². The lowest BCUT2D eigenvalue weighted by Crippen LogP contribution is -2.48. The van der Waals surface area contributed by atoms with Crippen molar-refractivity contribution in [2.24, 2.45) is 0 Å². The fourth-order valence-electron chi connectivity index (χ4n) is 2.45. The summed E-state index contributed by atoms with van der Waals surface area (Å²) in [7, 11) is -2.14. The molecular weight excluding hydrogens is 331 g/mol. The Balaban J connectivity index is 2.36. The number of hydrogen-bond donors (Lipinski definition) is 0. The van der Waals surface area contributed by atoms with Crippen LogP contribution in [0.4, 0.5) is 15.8 Å². The normalized spacial score (nSPS) is 12.5. The summed E-state index contributed by atoms with van der Waals surface area (Å²) in [4.78, 5) is 14.1. The Morgan fingerprint density at radius 3 is 2.04 bits per heavy atom. The Bertz CT molecular complexity index is 807. The minimum atomic E-state index is -3.73. The molecule has 0 heterocycles. The predicted octanol–water partition coefficient (Wildman–Crippen LogP) is 2.64. The van der Waals surface area contributed by atoms with Crippen molar-refractivity contribution >= 4 is 27.3 Å². The van der Waals surface area contributed by atoms with Crippen LogP contribution >= 0.6 is 0 Å². The van der Waals surface area contributed by atoms with Gasteiger partial charge in [-0.05, 0) is 43.3 Å². The molecule has 0 saturated carbocycles. The average Bonchev–Trinajstić information content (AvgIpc) is 2.55. The molecule has 0 fully saturated rings. The van der Waals surface area contributed by atoms with Crippen molar-refractivity contribution < 1.29 is 17.6 Å². The molecule has 0 unspecified atom stereocenters. The van der Waals surface area contributed by atoms with Gasteiger partial charge in [-0.1, -0.05) is 18.2 Å². The average molecular weight is 350 g/mol. The van der Waals surface area contributed by atoms with Crippen molar-refractivity contribution in [2.45, 2.75) is 13.0 Å². The summed E-state index contributed by atoms with van der Waals surface area (Å²) >= 11 is 0. The summed E-state index contributed by atoms with van der Waals surface area (Å²) in [5.74, 6) is -0.872. The highest BCUT2D eigenvalue weighted by atomic mass is 32.2. The highest BCUT2D eigenvalue weighted by Gasteiger charge is 2.31. The molecule has 0 radical (unpaired) electrons. The first-order valence-corrected chi connectivity index (χ1v) is 9.14. The van der Waals surface area contributed by atoms with Crippen LogP contribution in [-0.4, -0.2) is 33.7 Å². The van der Waals surface area contributed by atoms with E-state index < -0.39 is 27.8 Å². The monoisotopic (exact) mass is 350 g/mol. The zero-order chi connectivity index (χ0) is 17.9. The number of carbonyl (C=O) groups is 1. The van der Waals surface area contributed by atoms with Gasteiger partial charge in [0.15, 0.2) is 0 Å². The highest BCUT2D eigenvalue weighted by Crippen LogP contribution is 2.23. The van der Waals surface area contributed by atoms with Gasteiger partial charge in [0.05, 0.1) is 11.9 Å². The van der Waals surface area contributed by atoms with Gasteiger partial charge in [0.25, 0.3) is 0 Å². The number of para-hydroxylation sites is 1. The molecule has 1 atom stereocenters. The van der Waals surface area contributed by atoms with Crippen LogP contribution in [-0.2, 0) is 14.8 Å². The predicted molar refractivity (Wildman–Crippen MR) is 93.0 cm³/mol. The van der Waals surface area contributed by atoms with Crippen LogP contribution < -0.4 is 9.21 Å². The zero-order valence-electron chi connectivity index (χ0n) is 13.7. The number of rotatable bonds is 5. The second-order valence-electron chi connectivity index (χ2n) is 5.44. The number of nitrogens with zero attached hydrogens (tertiary/aromatic N) is 2. The van der Waals surface area contributed by atoms with Gasteiger partial charge < -0.3 is 4.90 Å². The van der Waals surface area contributed by atoms with Crippen molar-refractivity contribution in [1.29, 1.82) is 0 Å². The second-order valence-corrected chi connectivity index (χ2v) is 7.30. The first-order chi connectivity index (χ1) is 11.2.